The summed E-state index contributed by atoms with van der Waals surface area (Å²) in [5, 5.41) is 1.41. The molecule has 1 aromatic rings. The van der Waals surface area contributed by atoms with Crippen molar-refractivity contribution in [2.75, 3.05) is 27.2 Å². The zero-order valence-electron chi connectivity index (χ0n) is 17.6. The van der Waals surface area contributed by atoms with Crippen LogP contribution in [0.1, 0.15) is 40.0 Å². The summed E-state index contributed by atoms with van der Waals surface area (Å²) < 4.78 is 2.05. The van der Waals surface area contributed by atoms with Gasteiger partial charge >= 0.3 is 0 Å². The van der Waals surface area contributed by atoms with Gasteiger partial charge in [0, 0.05) is 51.9 Å². The van der Waals surface area contributed by atoms with Crippen molar-refractivity contribution in [2.24, 2.45) is 7.05 Å². The summed E-state index contributed by atoms with van der Waals surface area (Å²) in [6, 6.07) is -0.0420. The molecule has 0 unspecified atom stereocenters. The van der Waals surface area contributed by atoms with Crippen molar-refractivity contribution in [3.05, 3.63) is 35.7 Å². The molecule has 2 heterocycles. The first-order chi connectivity index (χ1) is 12.8. The number of carbonyl (C=O) groups excluding carboxylic acids is 1. The van der Waals surface area contributed by atoms with Gasteiger partial charge in [0.25, 0.3) is 0 Å². The van der Waals surface area contributed by atoms with E-state index in [1.54, 1.807) is 16.7 Å². The number of imidazole rings is 1. The predicted octanol–water partition coefficient (Wildman–Crippen LogP) is 3.74. The molecule has 2 rings (SSSR count). The van der Waals surface area contributed by atoms with Crippen molar-refractivity contribution in [1.29, 1.82) is 0 Å². The smallest absolute Gasteiger partial charge is 0.239 e. The largest absolute Gasteiger partial charge is 0.347 e. The number of hydrogen-bond acceptors (Lipinski definition) is 4. The fourth-order valence-corrected chi connectivity index (χ4v) is 4.47. The van der Waals surface area contributed by atoms with Gasteiger partial charge < -0.3 is 9.47 Å². The molecule has 0 N–H and O–H groups in total. The number of likely N-dealkylation sites (tertiary alicyclic amines) is 1. The number of allylic oxidation sites excluding steroid dienone is 3. The van der Waals surface area contributed by atoms with Crippen LogP contribution < -0.4 is 0 Å². The minimum absolute atomic E-state index is 0.0420. The maximum Gasteiger partial charge on any atom is 0.239 e. The summed E-state index contributed by atoms with van der Waals surface area (Å²) in [5.41, 5.74) is 2.76. The molecule has 1 saturated heterocycles. The first kappa shape index (κ1) is 21.8. The summed E-state index contributed by atoms with van der Waals surface area (Å²) in [7, 11) is 5.71. The SMILES string of the molecule is CC(C)=CCC/C(C)=C/CN1C[C@H](Sc2nccn2C)C[C@H]1C(=O)N(C)C. The Balaban J connectivity index is 2.01. The second-order valence-corrected chi connectivity index (χ2v) is 9.14. The van der Waals surface area contributed by atoms with Crippen LogP contribution in [0.25, 0.3) is 0 Å². The number of hydrogen-bond donors (Lipinski definition) is 0. The Kier molecular flexibility index (Phi) is 8.17. The normalized spacial score (nSPS) is 20.7. The van der Waals surface area contributed by atoms with Gasteiger partial charge in [0.15, 0.2) is 5.16 Å². The molecule has 0 aliphatic carbocycles. The number of aryl methyl sites for hydroxylation is 1. The van der Waals surface area contributed by atoms with Crippen LogP contribution in [0.15, 0.2) is 40.8 Å². The van der Waals surface area contributed by atoms with Gasteiger partial charge in [0.2, 0.25) is 5.91 Å². The molecule has 150 valence electrons. The first-order valence-electron chi connectivity index (χ1n) is 9.66. The van der Waals surface area contributed by atoms with Gasteiger partial charge in [0.1, 0.15) is 0 Å². The number of amides is 1. The van der Waals surface area contributed by atoms with Crippen LogP contribution in [0.4, 0.5) is 0 Å². The van der Waals surface area contributed by atoms with Crippen molar-refractivity contribution in [1.82, 2.24) is 19.4 Å². The standard InChI is InChI=1S/C21H34N4OS/c1-16(2)8-7-9-17(3)10-12-25-15-18(14-19(25)20(26)23(4)5)27-21-22-11-13-24(21)6/h8,10-11,13,18-19H,7,9,12,14-15H2,1-6H3/b17-10+/t18-,19+/m1/s1. The first-order valence-corrected chi connectivity index (χ1v) is 10.5. The lowest BCUT2D eigenvalue weighted by Crippen LogP contribution is -2.42. The second kappa shape index (κ2) is 10.1. The van der Waals surface area contributed by atoms with Crippen LogP contribution in [0.2, 0.25) is 0 Å². The zero-order chi connectivity index (χ0) is 20.0. The van der Waals surface area contributed by atoms with Crippen LogP contribution in [0, 0.1) is 0 Å². The molecule has 1 aliphatic rings. The lowest BCUT2D eigenvalue weighted by Gasteiger charge is -2.25. The lowest BCUT2D eigenvalue weighted by atomic mass is 10.1. The Bertz CT molecular complexity index is 688. The Morgan fingerprint density at radius 2 is 2.07 bits per heavy atom. The van der Waals surface area contributed by atoms with Gasteiger partial charge in [-0.25, -0.2) is 4.98 Å². The molecule has 0 radical (unpaired) electrons. The molecule has 0 saturated carbocycles. The van der Waals surface area contributed by atoms with E-state index in [9.17, 15) is 4.79 Å². The number of carbonyl (C=O) groups is 1. The summed E-state index contributed by atoms with van der Waals surface area (Å²) in [6.45, 7) is 8.22. The second-order valence-electron chi connectivity index (χ2n) is 7.87. The molecule has 1 amide bonds. The average molecular weight is 391 g/mol. The molecule has 27 heavy (non-hydrogen) atoms. The van der Waals surface area contributed by atoms with Gasteiger partial charge in [-0.3, -0.25) is 9.69 Å². The molecule has 6 heteroatoms. The summed E-state index contributed by atoms with van der Waals surface area (Å²) >= 11 is 1.78. The molecule has 0 aromatic carbocycles. The lowest BCUT2D eigenvalue weighted by molar-refractivity contribution is -0.133. The van der Waals surface area contributed by atoms with Crippen molar-refractivity contribution >= 4 is 17.7 Å². The van der Waals surface area contributed by atoms with Gasteiger partial charge in [-0.05, 0) is 40.0 Å². The van der Waals surface area contributed by atoms with E-state index in [1.807, 2.05) is 38.1 Å². The Hall–Kier alpha value is -1.53. The van der Waals surface area contributed by atoms with Gasteiger partial charge in [-0.2, -0.15) is 0 Å². The van der Waals surface area contributed by atoms with Gasteiger partial charge in [-0.1, -0.05) is 35.1 Å². The van der Waals surface area contributed by atoms with Crippen molar-refractivity contribution < 1.29 is 4.79 Å². The highest BCUT2D eigenvalue weighted by Gasteiger charge is 2.37. The van der Waals surface area contributed by atoms with Crippen molar-refractivity contribution in [3.8, 4) is 0 Å². The van der Waals surface area contributed by atoms with Crippen LogP contribution >= 0.6 is 11.8 Å². The quantitative estimate of drug-likeness (QED) is 0.634. The maximum absolute atomic E-state index is 12.7. The molecule has 1 fully saturated rings. The molecule has 5 nitrogen and oxygen atoms in total. The Morgan fingerprint density at radius 1 is 1.33 bits per heavy atom. The third kappa shape index (κ3) is 6.54. The van der Waals surface area contributed by atoms with E-state index in [0.717, 1.165) is 37.5 Å². The predicted molar refractivity (Wildman–Crippen MR) is 114 cm³/mol. The Labute approximate surface area is 168 Å². The number of likely N-dealkylation sites (N-methyl/N-ethyl adjacent to an activating group) is 1. The minimum atomic E-state index is -0.0420. The van der Waals surface area contributed by atoms with Crippen LogP contribution in [-0.4, -0.2) is 63.7 Å². The average Bonchev–Trinajstić information content (AvgIpc) is 3.18. The molecular weight excluding hydrogens is 356 g/mol. The van der Waals surface area contributed by atoms with Gasteiger partial charge in [-0.15, -0.1) is 0 Å². The van der Waals surface area contributed by atoms with E-state index in [1.165, 1.54) is 11.1 Å². The molecule has 1 aromatic heterocycles. The summed E-state index contributed by atoms with van der Waals surface area (Å²) in [5.74, 6) is 0.202. The van der Waals surface area contributed by atoms with E-state index >= 15 is 0 Å². The van der Waals surface area contributed by atoms with Crippen molar-refractivity contribution in [2.45, 2.75) is 56.5 Å². The molecular formula is C21H34N4OS. The molecule has 2 atom stereocenters. The minimum Gasteiger partial charge on any atom is -0.347 e. The van der Waals surface area contributed by atoms with Crippen LogP contribution in [0.3, 0.4) is 0 Å². The molecule has 0 bridgehead atoms. The van der Waals surface area contributed by atoms with E-state index in [4.69, 9.17) is 0 Å². The Morgan fingerprint density at radius 3 is 2.67 bits per heavy atom. The summed E-state index contributed by atoms with van der Waals surface area (Å²) in [6.07, 6.45) is 11.4. The highest BCUT2D eigenvalue weighted by atomic mass is 32.2. The van der Waals surface area contributed by atoms with Gasteiger partial charge in [0.05, 0.1) is 6.04 Å². The third-order valence-corrected chi connectivity index (χ3v) is 6.18. The number of rotatable bonds is 8. The van der Waals surface area contributed by atoms with Crippen LogP contribution in [0.5, 0.6) is 0 Å². The van der Waals surface area contributed by atoms with E-state index in [0.29, 0.717) is 5.25 Å². The maximum atomic E-state index is 12.7. The number of nitrogens with zero attached hydrogens (tertiary/aromatic N) is 4. The highest BCUT2D eigenvalue weighted by molar-refractivity contribution is 7.99. The van der Waals surface area contributed by atoms with Crippen LogP contribution in [-0.2, 0) is 11.8 Å². The zero-order valence-corrected chi connectivity index (χ0v) is 18.4. The fraction of sp³-hybridized carbons (Fsp3) is 0.619. The topological polar surface area (TPSA) is 41.4 Å². The van der Waals surface area contributed by atoms with Crippen molar-refractivity contribution in [3.63, 3.8) is 0 Å². The highest BCUT2D eigenvalue weighted by Crippen LogP contribution is 2.32. The summed E-state index contributed by atoms with van der Waals surface area (Å²) in [4.78, 5) is 21.2. The third-order valence-electron chi connectivity index (χ3n) is 4.91. The monoisotopic (exact) mass is 390 g/mol. The number of aromatic nitrogens is 2. The van der Waals surface area contributed by atoms with E-state index in [-0.39, 0.29) is 11.9 Å². The van der Waals surface area contributed by atoms with E-state index < -0.39 is 0 Å². The van der Waals surface area contributed by atoms with E-state index in [2.05, 4.69) is 42.8 Å². The fourth-order valence-electron chi connectivity index (χ4n) is 3.28. The number of thioether (sulfide) groups is 1. The molecule has 0 spiro atoms. The molecule has 1 aliphatic heterocycles.